The molecule has 3 nitrogen and oxygen atoms in total. The summed E-state index contributed by atoms with van der Waals surface area (Å²) in [4.78, 5) is 0. The molecule has 2 aromatic rings. The standard InChI is InChI=1S/C12H15N3/c1-14(2)13-8-10-9-15(3)12-7-5-4-6-11(10)12/h4-9H,1-3H3/b13-8+. The molecular formula is C12H15N3. The SMILES string of the molecule is CN(C)/N=C/c1cn(C)c2ccccc12. The molecular weight excluding hydrogens is 186 g/mol. The minimum absolute atomic E-state index is 1.15. The van der Waals surface area contributed by atoms with Gasteiger partial charge in [-0.3, -0.25) is 0 Å². The normalized spacial score (nSPS) is 11.4. The Morgan fingerprint density at radius 2 is 2.00 bits per heavy atom. The van der Waals surface area contributed by atoms with Gasteiger partial charge < -0.3 is 9.58 Å². The van der Waals surface area contributed by atoms with Crippen molar-refractivity contribution in [2.75, 3.05) is 14.1 Å². The van der Waals surface area contributed by atoms with Crippen LogP contribution in [-0.4, -0.2) is 29.9 Å². The summed E-state index contributed by atoms with van der Waals surface area (Å²) in [6.07, 6.45) is 3.99. The number of aryl methyl sites for hydroxylation is 1. The third-order valence-corrected chi connectivity index (χ3v) is 2.36. The predicted octanol–water partition coefficient (Wildman–Crippen LogP) is 2.07. The van der Waals surface area contributed by atoms with Crippen LogP contribution in [0, 0.1) is 0 Å². The summed E-state index contributed by atoms with van der Waals surface area (Å²) in [5, 5.41) is 7.29. The molecule has 2 rings (SSSR count). The fourth-order valence-corrected chi connectivity index (χ4v) is 1.65. The molecule has 0 unspecified atom stereocenters. The second-order valence-corrected chi connectivity index (χ2v) is 3.80. The minimum Gasteiger partial charge on any atom is -0.350 e. The van der Waals surface area contributed by atoms with Crippen molar-refractivity contribution >= 4 is 17.1 Å². The molecule has 0 saturated heterocycles. The average molecular weight is 201 g/mol. The zero-order valence-corrected chi connectivity index (χ0v) is 9.31. The summed E-state index contributed by atoms with van der Waals surface area (Å²) in [7, 11) is 5.89. The van der Waals surface area contributed by atoms with Crippen molar-refractivity contribution in [3.05, 3.63) is 36.0 Å². The number of benzene rings is 1. The van der Waals surface area contributed by atoms with Crippen LogP contribution in [0.3, 0.4) is 0 Å². The van der Waals surface area contributed by atoms with E-state index in [1.54, 1.807) is 5.01 Å². The van der Waals surface area contributed by atoms with Crippen LogP contribution in [0.25, 0.3) is 10.9 Å². The molecule has 15 heavy (non-hydrogen) atoms. The van der Waals surface area contributed by atoms with Crippen LogP contribution >= 0.6 is 0 Å². The highest BCUT2D eigenvalue weighted by Crippen LogP contribution is 2.18. The second kappa shape index (κ2) is 3.77. The maximum absolute atomic E-state index is 4.25. The first-order chi connectivity index (χ1) is 7.18. The van der Waals surface area contributed by atoms with Gasteiger partial charge in [-0.15, -0.1) is 0 Å². The van der Waals surface area contributed by atoms with Gasteiger partial charge in [0.25, 0.3) is 0 Å². The number of aromatic nitrogens is 1. The topological polar surface area (TPSA) is 20.5 Å². The second-order valence-electron chi connectivity index (χ2n) is 3.80. The van der Waals surface area contributed by atoms with Crippen LogP contribution in [0.1, 0.15) is 5.56 Å². The molecule has 0 N–H and O–H groups in total. The number of hydrogen-bond acceptors (Lipinski definition) is 2. The van der Waals surface area contributed by atoms with Crippen LogP contribution in [0.2, 0.25) is 0 Å². The zero-order chi connectivity index (χ0) is 10.8. The first-order valence-electron chi connectivity index (χ1n) is 4.94. The fourth-order valence-electron chi connectivity index (χ4n) is 1.65. The number of hydrazone groups is 1. The Morgan fingerprint density at radius 3 is 2.73 bits per heavy atom. The Labute approximate surface area is 89.6 Å². The van der Waals surface area contributed by atoms with Gasteiger partial charge in [0.1, 0.15) is 0 Å². The van der Waals surface area contributed by atoms with Crippen molar-refractivity contribution in [1.82, 2.24) is 9.58 Å². The maximum Gasteiger partial charge on any atom is 0.0564 e. The lowest BCUT2D eigenvalue weighted by Crippen LogP contribution is -2.01. The average Bonchev–Trinajstić information content (AvgIpc) is 2.54. The van der Waals surface area contributed by atoms with Crippen molar-refractivity contribution in [1.29, 1.82) is 0 Å². The zero-order valence-electron chi connectivity index (χ0n) is 9.31. The number of fused-ring (bicyclic) bond motifs is 1. The lowest BCUT2D eigenvalue weighted by Gasteiger charge is -2.01. The molecule has 78 valence electrons. The van der Waals surface area contributed by atoms with E-state index in [4.69, 9.17) is 0 Å². The molecule has 1 heterocycles. The van der Waals surface area contributed by atoms with E-state index in [0.29, 0.717) is 0 Å². The van der Waals surface area contributed by atoms with Gasteiger partial charge in [-0.25, -0.2) is 0 Å². The molecule has 0 saturated carbocycles. The van der Waals surface area contributed by atoms with Crippen LogP contribution in [0.5, 0.6) is 0 Å². The highest BCUT2D eigenvalue weighted by atomic mass is 15.4. The first-order valence-corrected chi connectivity index (χ1v) is 4.94. The molecule has 1 aromatic heterocycles. The van der Waals surface area contributed by atoms with Crippen LogP contribution < -0.4 is 0 Å². The summed E-state index contributed by atoms with van der Waals surface area (Å²) < 4.78 is 2.12. The summed E-state index contributed by atoms with van der Waals surface area (Å²) in [6, 6.07) is 8.33. The van der Waals surface area contributed by atoms with E-state index in [1.807, 2.05) is 20.3 Å². The Morgan fingerprint density at radius 1 is 1.27 bits per heavy atom. The fraction of sp³-hybridized carbons (Fsp3) is 0.250. The predicted molar refractivity (Wildman–Crippen MR) is 64.2 cm³/mol. The van der Waals surface area contributed by atoms with E-state index >= 15 is 0 Å². The number of hydrogen-bond donors (Lipinski definition) is 0. The highest BCUT2D eigenvalue weighted by Gasteiger charge is 2.02. The molecule has 0 fully saturated rings. The van der Waals surface area contributed by atoms with Gasteiger partial charge in [0.05, 0.1) is 6.21 Å². The van der Waals surface area contributed by atoms with Gasteiger partial charge in [0, 0.05) is 43.8 Å². The minimum atomic E-state index is 1.15. The Hall–Kier alpha value is -1.77. The molecule has 3 heteroatoms. The number of nitrogens with zero attached hydrogens (tertiary/aromatic N) is 3. The molecule has 0 bridgehead atoms. The van der Waals surface area contributed by atoms with Gasteiger partial charge in [0.2, 0.25) is 0 Å². The third kappa shape index (κ3) is 1.86. The number of para-hydroxylation sites is 1. The van der Waals surface area contributed by atoms with E-state index in [-0.39, 0.29) is 0 Å². The van der Waals surface area contributed by atoms with Gasteiger partial charge in [-0.2, -0.15) is 5.10 Å². The van der Waals surface area contributed by atoms with E-state index in [9.17, 15) is 0 Å². The van der Waals surface area contributed by atoms with Crippen LogP contribution in [0.4, 0.5) is 0 Å². The maximum atomic E-state index is 4.25. The largest absolute Gasteiger partial charge is 0.350 e. The van der Waals surface area contributed by atoms with Crippen LogP contribution in [-0.2, 0) is 7.05 Å². The molecule has 0 aliphatic carbocycles. The van der Waals surface area contributed by atoms with E-state index in [2.05, 4.69) is 47.2 Å². The van der Waals surface area contributed by atoms with Gasteiger partial charge >= 0.3 is 0 Å². The quantitative estimate of drug-likeness (QED) is 0.538. The molecule has 0 aliphatic rings. The third-order valence-electron chi connectivity index (χ3n) is 2.36. The lowest BCUT2D eigenvalue weighted by molar-refractivity contribution is 0.440. The van der Waals surface area contributed by atoms with E-state index in [1.165, 1.54) is 10.9 Å². The van der Waals surface area contributed by atoms with Crippen LogP contribution in [0.15, 0.2) is 35.6 Å². The summed E-state index contributed by atoms with van der Waals surface area (Å²) in [5.41, 5.74) is 2.39. The van der Waals surface area contributed by atoms with Crippen molar-refractivity contribution in [2.24, 2.45) is 12.1 Å². The highest BCUT2D eigenvalue weighted by molar-refractivity contribution is 5.99. The number of rotatable bonds is 2. The Balaban J connectivity index is 2.52. The summed E-state index contributed by atoms with van der Waals surface area (Å²) >= 11 is 0. The van der Waals surface area contributed by atoms with Gasteiger partial charge in [-0.1, -0.05) is 18.2 Å². The molecule has 1 aromatic carbocycles. The Kier molecular flexibility index (Phi) is 2.46. The molecule has 0 aliphatic heterocycles. The summed E-state index contributed by atoms with van der Waals surface area (Å²) in [5.74, 6) is 0. The monoisotopic (exact) mass is 201 g/mol. The van der Waals surface area contributed by atoms with Crippen molar-refractivity contribution in [3.8, 4) is 0 Å². The van der Waals surface area contributed by atoms with Crippen molar-refractivity contribution in [3.63, 3.8) is 0 Å². The first kappa shape index (κ1) is 9.77. The van der Waals surface area contributed by atoms with Gasteiger partial charge in [-0.05, 0) is 6.07 Å². The Bertz CT molecular complexity index is 495. The summed E-state index contributed by atoms with van der Waals surface area (Å²) in [6.45, 7) is 0. The van der Waals surface area contributed by atoms with E-state index < -0.39 is 0 Å². The van der Waals surface area contributed by atoms with Gasteiger partial charge in [0.15, 0.2) is 0 Å². The smallest absolute Gasteiger partial charge is 0.0564 e. The molecule has 0 amide bonds. The molecule has 0 spiro atoms. The van der Waals surface area contributed by atoms with E-state index in [0.717, 1.165) is 5.56 Å². The van der Waals surface area contributed by atoms with Crippen molar-refractivity contribution in [2.45, 2.75) is 0 Å². The molecule has 0 radical (unpaired) electrons. The molecule has 0 atom stereocenters. The van der Waals surface area contributed by atoms with Crippen molar-refractivity contribution < 1.29 is 0 Å². The lowest BCUT2D eigenvalue weighted by atomic mass is 10.2.